The number of benzene rings is 1. The predicted octanol–water partition coefficient (Wildman–Crippen LogP) is 3.41. The minimum absolute atomic E-state index is 0.0931. The Labute approximate surface area is 174 Å². The molecule has 0 amide bonds. The lowest BCUT2D eigenvalue weighted by Crippen LogP contribution is -2.32. The number of nitrogens with zero attached hydrogens (tertiary/aromatic N) is 5. The number of nitrogen functional groups attached to an aromatic ring is 1. The fourth-order valence-electron chi connectivity index (χ4n) is 4.02. The van der Waals surface area contributed by atoms with E-state index in [2.05, 4.69) is 43.7 Å². The lowest BCUT2D eigenvalue weighted by molar-refractivity contribution is 0.298. The largest absolute Gasteiger partial charge is 0.383 e. The molecule has 5 rings (SSSR count). The summed E-state index contributed by atoms with van der Waals surface area (Å²) in [5, 5.41) is 7.16. The zero-order chi connectivity index (χ0) is 19.4. The SMILES string of the molecule is Cc1cccc2cc(Cn3nc(I)c4c(N)ncnc43)n(C3CCC3)c(=O)c12. The van der Waals surface area contributed by atoms with Gasteiger partial charge in [0.15, 0.2) is 5.65 Å². The summed E-state index contributed by atoms with van der Waals surface area (Å²) in [6.45, 7) is 2.46. The highest BCUT2D eigenvalue weighted by Crippen LogP contribution is 2.33. The summed E-state index contributed by atoms with van der Waals surface area (Å²) in [6, 6.07) is 8.37. The Morgan fingerprint density at radius 1 is 1.25 bits per heavy atom. The Hall–Kier alpha value is -2.49. The standard InChI is InChI=1S/C20H19IN6O/c1-11-4-2-5-12-8-14(27(13-6-3-7-13)20(28)15(11)12)9-26-19-16(17(21)25-26)18(22)23-10-24-19/h2,4-5,8,10,13H,3,6-7,9H2,1H3,(H2,22,23,24). The van der Waals surface area contributed by atoms with Gasteiger partial charge in [0.25, 0.3) is 5.56 Å². The molecule has 28 heavy (non-hydrogen) atoms. The van der Waals surface area contributed by atoms with Gasteiger partial charge in [0.1, 0.15) is 15.8 Å². The van der Waals surface area contributed by atoms with Crippen LogP contribution in [-0.4, -0.2) is 24.3 Å². The van der Waals surface area contributed by atoms with Crippen molar-refractivity contribution in [2.24, 2.45) is 0 Å². The van der Waals surface area contributed by atoms with E-state index in [1.165, 1.54) is 6.33 Å². The molecule has 142 valence electrons. The maximum absolute atomic E-state index is 13.4. The van der Waals surface area contributed by atoms with Crippen LogP contribution in [0.25, 0.3) is 21.8 Å². The van der Waals surface area contributed by atoms with Crippen molar-refractivity contribution in [1.82, 2.24) is 24.3 Å². The average molecular weight is 486 g/mol. The number of hydrogen-bond acceptors (Lipinski definition) is 5. The van der Waals surface area contributed by atoms with Crippen LogP contribution in [0.2, 0.25) is 0 Å². The van der Waals surface area contributed by atoms with Crippen LogP contribution >= 0.6 is 22.6 Å². The first-order chi connectivity index (χ1) is 13.5. The molecule has 3 aromatic heterocycles. The second-order valence-corrected chi connectivity index (χ2v) is 8.36. The molecule has 0 saturated heterocycles. The number of rotatable bonds is 3. The number of nitrogens with two attached hydrogens (primary N) is 1. The molecule has 0 aliphatic heterocycles. The molecule has 1 aromatic carbocycles. The Kier molecular flexibility index (Phi) is 4.11. The van der Waals surface area contributed by atoms with E-state index in [0.29, 0.717) is 18.0 Å². The Balaban J connectivity index is 1.73. The maximum atomic E-state index is 13.4. The van der Waals surface area contributed by atoms with Crippen LogP contribution in [0.4, 0.5) is 5.82 Å². The third-order valence-electron chi connectivity index (χ3n) is 5.64. The van der Waals surface area contributed by atoms with E-state index in [0.717, 1.165) is 50.4 Å². The summed E-state index contributed by atoms with van der Waals surface area (Å²) in [4.78, 5) is 21.9. The molecular weight excluding hydrogens is 467 g/mol. The van der Waals surface area contributed by atoms with Crippen molar-refractivity contribution in [3.05, 3.63) is 55.9 Å². The van der Waals surface area contributed by atoms with Crippen molar-refractivity contribution in [1.29, 1.82) is 0 Å². The highest BCUT2D eigenvalue weighted by Gasteiger charge is 2.25. The van der Waals surface area contributed by atoms with E-state index in [1.54, 1.807) is 0 Å². The fraction of sp³-hybridized carbons (Fsp3) is 0.300. The van der Waals surface area contributed by atoms with Gasteiger partial charge in [-0.2, -0.15) is 5.10 Å². The summed E-state index contributed by atoms with van der Waals surface area (Å²) >= 11 is 2.15. The van der Waals surface area contributed by atoms with E-state index in [9.17, 15) is 4.79 Å². The number of halogens is 1. The molecule has 0 atom stereocenters. The average Bonchev–Trinajstić information content (AvgIpc) is 2.93. The van der Waals surface area contributed by atoms with Gasteiger partial charge in [-0.05, 0) is 65.8 Å². The van der Waals surface area contributed by atoms with Crippen LogP contribution in [0.1, 0.15) is 36.6 Å². The maximum Gasteiger partial charge on any atom is 0.259 e. The summed E-state index contributed by atoms with van der Waals surface area (Å²) < 4.78 is 4.56. The molecule has 3 heterocycles. The van der Waals surface area contributed by atoms with Gasteiger partial charge < -0.3 is 10.3 Å². The second kappa shape index (κ2) is 6.54. The molecular formula is C20H19IN6O. The Morgan fingerprint density at radius 2 is 2.07 bits per heavy atom. The Morgan fingerprint density at radius 3 is 2.82 bits per heavy atom. The van der Waals surface area contributed by atoms with Gasteiger partial charge >= 0.3 is 0 Å². The quantitative estimate of drug-likeness (QED) is 0.449. The molecule has 7 nitrogen and oxygen atoms in total. The number of pyridine rings is 1. The first-order valence-electron chi connectivity index (χ1n) is 9.31. The van der Waals surface area contributed by atoms with E-state index < -0.39 is 0 Å². The van der Waals surface area contributed by atoms with Gasteiger partial charge in [-0.3, -0.25) is 4.79 Å². The molecule has 1 saturated carbocycles. The van der Waals surface area contributed by atoms with Gasteiger partial charge in [0.2, 0.25) is 0 Å². The monoisotopic (exact) mass is 486 g/mol. The minimum atomic E-state index is 0.0931. The fourth-order valence-corrected chi connectivity index (χ4v) is 4.80. The highest BCUT2D eigenvalue weighted by molar-refractivity contribution is 14.1. The first-order valence-corrected chi connectivity index (χ1v) is 10.4. The highest BCUT2D eigenvalue weighted by atomic mass is 127. The van der Waals surface area contributed by atoms with E-state index in [1.807, 2.05) is 34.4 Å². The van der Waals surface area contributed by atoms with Gasteiger partial charge in [-0.25, -0.2) is 14.6 Å². The molecule has 1 fully saturated rings. The number of anilines is 1. The zero-order valence-electron chi connectivity index (χ0n) is 15.4. The second-order valence-electron chi connectivity index (χ2n) is 7.34. The molecule has 0 unspecified atom stereocenters. The van der Waals surface area contributed by atoms with Crippen molar-refractivity contribution in [2.75, 3.05) is 5.73 Å². The van der Waals surface area contributed by atoms with E-state index in [4.69, 9.17) is 5.73 Å². The zero-order valence-corrected chi connectivity index (χ0v) is 17.5. The lowest BCUT2D eigenvalue weighted by atomic mass is 9.91. The molecule has 8 heteroatoms. The number of fused-ring (bicyclic) bond motifs is 2. The van der Waals surface area contributed by atoms with Crippen LogP contribution in [0.3, 0.4) is 0 Å². The number of hydrogen-bond donors (Lipinski definition) is 1. The molecule has 4 aromatic rings. The van der Waals surface area contributed by atoms with Crippen molar-refractivity contribution < 1.29 is 0 Å². The summed E-state index contributed by atoms with van der Waals surface area (Å²) in [6.07, 6.45) is 4.69. The molecule has 2 N–H and O–H groups in total. The third-order valence-corrected chi connectivity index (χ3v) is 6.39. The van der Waals surface area contributed by atoms with Crippen LogP contribution < -0.4 is 11.3 Å². The minimum Gasteiger partial charge on any atom is -0.383 e. The lowest BCUT2D eigenvalue weighted by Gasteiger charge is -2.30. The van der Waals surface area contributed by atoms with Gasteiger partial charge in [0, 0.05) is 11.7 Å². The smallest absolute Gasteiger partial charge is 0.259 e. The molecule has 0 radical (unpaired) electrons. The third kappa shape index (κ3) is 2.61. The van der Waals surface area contributed by atoms with Crippen LogP contribution in [0.5, 0.6) is 0 Å². The number of aryl methyl sites for hydroxylation is 1. The van der Waals surface area contributed by atoms with Gasteiger partial charge in [0.05, 0.1) is 17.3 Å². The van der Waals surface area contributed by atoms with Gasteiger partial charge in [-0.1, -0.05) is 18.2 Å². The van der Waals surface area contributed by atoms with Crippen LogP contribution in [-0.2, 0) is 6.54 Å². The predicted molar refractivity (Wildman–Crippen MR) is 117 cm³/mol. The summed E-state index contributed by atoms with van der Waals surface area (Å²) in [7, 11) is 0. The van der Waals surface area contributed by atoms with E-state index in [-0.39, 0.29) is 11.6 Å². The van der Waals surface area contributed by atoms with Crippen molar-refractivity contribution in [3.8, 4) is 0 Å². The van der Waals surface area contributed by atoms with Crippen LogP contribution in [0, 0.1) is 10.6 Å². The molecule has 1 aliphatic rings. The van der Waals surface area contributed by atoms with Crippen molar-refractivity contribution in [2.45, 2.75) is 38.8 Å². The van der Waals surface area contributed by atoms with Crippen molar-refractivity contribution in [3.63, 3.8) is 0 Å². The molecule has 1 aliphatic carbocycles. The number of aromatic nitrogens is 5. The summed E-state index contributed by atoms with van der Waals surface area (Å²) in [5.74, 6) is 0.422. The van der Waals surface area contributed by atoms with Gasteiger partial charge in [-0.15, -0.1) is 0 Å². The van der Waals surface area contributed by atoms with E-state index >= 15 is 0 Å². The Bertz CT molecular complexity index is 1290. The van der Waals surface area contributed by atoms with Crippen LogP contribution in [0.15, 0.2) is 35.4 Å². The summed E-state index contributed by atoms with van der Waals surface area (Å²) in [5.41, 5.74) is 8.77. The normalized spacial score (nSPS) is 14.6. The topological polar surface area (TPSA) is 91.6 Å². The molecule has 0 spiro atoms. The van der Waals surface area contributed by atoms with Crippen molar-refractivity contribution >= 4 is 50.2 Å². The molecule has 0 bridgehead atoms. The first kappa shape index (κ1) is 17.6.